The first-order valence-corrected chi connectivity index (χ1v) is 6.31. The fraction of sp³-hybridized carbons (Fsp3) is 0.200. The van der Waals surface area contributed by atoms with Crippen LogP contribution in [0, 0.1) is 0 Å². The van der Waals surface area contributed by atoms with E-state index in [0.717, 1.165) is 0 Å². The average molecular weight is 262 g/mol. The average Bonchev–Trinajstić information content (AvgIpc) is 2.26. The van der Waals surface area contributed by atoms with Crippen molar-refractivity contribution in [1.29, 1.82) is 0 Å². The Morgan fingerprint density at radius 1 is 1.56 bits per heavy atom. The third-order valence-corrected chi connectivity index (χ3v) is 3.57. The van der Waals surface area contributed by atoms with Crippen molar-refractivity contribution in [2.45, 2.75) is 4.90 Å². The molecule has 1 aromatic rings. The summed E-state index contributed by atoms with van der Waals surface area (Å²) in [6, 6.07) is 4.27. The maximum atomic E-state index is 11.7. The lowest BCUT2D eigenvalue weighted by atomic mass is 10.3. The summed E-state index contributed by atoms with van der Waals surface area (Å²) in [5, 5.41) is 0.254. The smallest absolute Gasteiger partial charge is 0.240 e. The first kappa shape index (κ1) is 13.0. The van der Waals surface area contributed by atoms with Crippen LogP contribution in [0.2, 0.25) is 5.02 Å². The molecule has 1 N–H and O–H groups in total. The summed E-state index contributed by atoms with van der Waals surface area (Å²) < 4.78 is 30.6. The van der Waals surface area contributed by atoms with Crippen LogP contribution in [0.4, 0.5) is 0 Å². The molecule has 16 heavy (non-hydrogen) atoms. The van der Waals surface area contributed by atoms with Crippen molar-refractivity contribution in [2.24, 2.45) is 0 Å². The lowest BCUT2D eigenvalue weighted by molar-refractivity contribution is 0.414. The summed E-state index contributed by atoms with van der Waals surface area (Å²) >= 11 is 5.83. The Morgan fingerprint density at radius 3 is 2.75 bits per heavy atom. The highest BCUT2D eigenvalue weighted by Crippen LogP contribution is 2.26. The molecule has 0 aliphatic heterocycles. The molecular weight excluding hydrogens is 250 g/mol. The van der Waals surface area contributed by atoms with Gasteiger partial charge in [-0.15, -0.1) is 6.58 Å². The van der Waals surface area contributed by atoms with Gasteiger partial charge in [-0.3, -0.25) is 0 Å². The minimum Gasteiger partial charge on any atom is -0.495 e. The number of methoxy groups -OCH3 is 1. The molecule has 4 nitrogen and oxygen atoms in total. The van der Waals surface area contributed by atoms with Crippen LogP contribution in [0.15, 0.2) is 35.7 Å². The van der Waals surface area contributed by atoms with Crippen molar-refractivity contribution in [3.63, 3.8) is 0 Å². The molecule has 0 saturated carbocycles. The number of ether oxygens (including phenoxy) is 1. The Balaban J connectivity index is 3.05. The number of hydrogen-bond acceptors (Lipinski definition) is 3. The monoisotopic (exact) mass is 261 g/mol. The van der Waals surface area contributed by atoms with E-state index in [1.54, 1.807) is 0 Å². The summed E-state index contributed by atoms with van der Waals surface area (Å²) in [5.41, 5.74) is 0. The Kier molecular flexibility index (Phi) is 4.35. The molecule has 0 aromatic heterocycles. The normalized spacial score (nSPS) is 11.1. The van der Waals surface area contributed by atoms with Gasteiger partial charge in [0.1, 0.15) is 5.75 Å². The van der Waals surface area contributed by atoms with E-state index in [2.05, 4.69) is 11.3 Å². The first-order chi connectivity index (χ1) is 7.51. The van der Waals surface area contributed by atoms with Crippen molar-refractivity contribution in [3.05, 3.63) is 35.9 Å². The van der Waals surface area contributed by atoms with Crippen LogP contribution in [0.3, 0.4) is 0 Å². The topological polar surface area (TPSA) is 55.4 Å². The van der Waals surface area contributed by atoms with Crippen molar-refractivity contribution in [1.82, 2.24) is 4.72 Å². The molecule has 0 radical (unpaired) electrons. The molecule has 0 saturated heterocycles. The number of nitrogens with one attached hydrogen (secondary N) is 1. The molecule has 1 rings (SSSR count). The van der Waals surface area contributed by atoms with Gasteiger partial charge < -0.3 is 4.74 Å². The van der Waals surface area contributed by atoms with Crippen LogP contribution in [-0.2, 0) is 10.0 Å². The van der Waals surface area contributed by atoms with E-state index in [9.17, 15) is 8.42 Å². The SMILES string of the molecule is C=CCNS(=O)(=O)c1ccc(OC)c(Cl)c1. The Hall–Kier alpha value is -1.04. The first-order valence-electron chi connectivity index (χ1n) is 4.45. The summed E-state index contributed by atoms with van der Waals surface area (Å²) in [7, 11) is -2.07. The van der Waals surface area contributed by atoms with E-state index in [1.807, 2.05) is 0 Å². The number of halogens is 1. The minimum absolute atomic E-state index is 0.0974. The summed E-state index contributed by atoms with van der Waals surface area (Å²) in [4.78, 5) is 0.0974. The van der Waals surface area contributed by atoms with Crippen molar-refractivity contribution in [2.75, 3.05) is 13.7 Å². The second-order valence-corrected chi connectivity index (χ2v) is 5.11. The highest BCUT2D eigenvalue weighted by molar-refractivity contribution is 7.89. The van der Waals surface area contributed by atoms with E-state index in [4.69, 9.17) is 16.3 Å². The van der Waals surface area contributed by atoms with Gasteiger partial charge in [-0.05, 0) is 18.2 Å². The maximum absolute atomic E-state index is 11.7. The van der Waals surface area contributed by atoms with Gasteiger partial charge in [0, 0.05) is 6.54 Å². The van der Waals surface area contributed by atoms with Crippen molar-refractivity contribution >= 4 is 21.6 Å². The lowest BCUT2D eigenvalue weighted by Gasteiger charge is -2.07. The van der Waals surface area contributed by atoms with Crippen LogP contribution >= 0.6 is 11.6 Å². The number of benzene rings is 1. The zero-order valence-electron chi connectivity index (χ0n) is 8.73. The van der Waals surface area contributed by atoms with E-state index in [0.29, 0.717) is 5.75 Å². The van der Waals surface area contributed by atoms with Gasteiger partial charge in [0.05, 0.1) is 17.0 Å². The highest BCUT2D eigenvalue weighted by atomic mass is 35.5. The second-order valence-electron chi connectivity index (χ2n) is 2.94. The van der Waals surface area contributed by atoms with Gasteiger partial charge in [-0.25, -0.2) is 13.1 Å². The molecule has 0 fully saturated rings. The summed E-state index contributed by atoms with van der Waals surface area (Å²) in [5.74, 6) is 0.435. The van der Waals surface area contributed by atoms with Gasteiger partial charge in [0.15, 0.2) is 0 Å². The Bertz CT molecular complexity index is 485. The fourth-order valence-corrected chi connectivity index (χ4v) is 2.41. The summed E-state index contributed by atoms with van der Waals surface area (Å²) in [6.45, 7) is 3.60. The Morgan fingerprint density at radius 2 is 2.25 bits per heavy atom. The number of sulfonamides is 1. The third-order valence-electron chi connectivity index (χ3n) is 1.85. The molecule has 0 atom stereocenters. The predicted octanol–water partition coefficient (Wildman–Crippen LogP) is 1.81. The number of hydrogen-bond donors (Lipinski definition) is 1. The molecule has 0 amide bonds. The highest BCUT2D eigenvalue weighted by Gasteiger charge is 2.14. The molecular formula is C10H12ClNO3S. The molecule has 1 aromatic carbocycles. The molecule has 0 aliphatic rings. The van der Waals surface area contributed by atoms with Crippen LogP contribution in [-0.4, -0.2) is 22.1 Å². The molecule has 0 bridgehead atoms. The molecule has 0 unspecified atom stereocenters. The predicted molar refractivity (Wildman–Crippen MR) is 63.4 cm³/mol. The maximum Gasteiger partial charge on any atom is 0.240 e. The van der Waals surface area contributed by atoms with Gasteiger partial charge in [0.25, 0.3) is 0 Å². The van der Waals surface area contributed by atoms with Crippen LogP contribution in [0.25, 0.3) is 0 Å². The van der Waals surface area contributed by atoms with E-state index in [-0.39, 0.29) is 16.5 Å². The van der Waals surface area contributed by atoms with Gasteiger partial charge >= 0.3 is 0 Å². The minimum atomic E-state index is -3.53. The molecule has 6 heteroatoms. The van der Waals surface area contributed by atoms with Gasteiger partial charge in [-0.2, -0.15) is 0 Å². The van der Waals surface area contributed by atoms with E-state index >= 15 is 0 Å². The fourth-order valence-electron chi connectivity index (χ4n) is 1.07. The van der Waals surface area contributed by atoms with Crippen LogP contribution in [0.5, 0.6) is 5.75 Å². The largest absolute Gasteiger partial charge is 0.495 e. The standard InChI is InChI=1S/C10H12ClNO3S/c1-3-6-12-16(13,14)8-4-5-10(15-2)9(11)7-8/h3-5,7,12H,1,6H2,2H3. The van der Waals surface area contributed by atoms with Crippen LogP contribution in [0.1, 0.15) is 0 Å². The Labute approximate surface area is 99.9 Å². The third kappa shape index (κ3) is 2.98. The molecule has 0 aliphatic carbocycles. The molecule has 0 heterocycles. The van der Waals surface area contributed by atoms with E-state index in [1.165, 1.54) is 31.4 Å². The van der Waals surface area contributed by atoms with Crippen molar-refractivity contribution < 1.29 is 13.2 Å². The van der Waals surface area contributed by atoms with Gasteiger partial charge in [-0.1, -0.05) is 17.7 Å². The zero-order chi connectivity index (χ0) is 12.2. The lowest BCUT2D eigenvalue weighted by Crippen LogP contribution is -2.23. The van der Waals surface area contributed by atoms with Crippen LogP contribution < -0.4 is 9.46 Å². The quantitative estimate of drug-likeness (QED) is 0.823. The molecule has 88 valence electrons. The molecule has 0 spiro atoms. The van der Waals surface area contributed by atoms with Gasteiger partial charge in [0.2, 0.25) is 10.0 Å². The zero-order valence-corrected chi connectivity index (χ0v) is 10.3. The van der Waals surface area contributed by atoms with E-state index < -0.39 is 10.0 Å². The number of rotatable bonds is 5. The van der Waals surface area contributed by atoms with Crippen molar-refractivity contribution in [3.8, 4) is 5.75 Å². The summed E-state index contributed by atoms with van der Waals surface area (Å²) in [6.07, 6.45) is 1.46. The second kappa shape index (κ2) is 5.34.